The van der Waals surface area contributed by atoms with Crippen LogP contribution in [-0.2, 0) is 0 Å². The minimum Gasteiger partial charge on any atom is -0.397 e. The molecule has 6 heteroatoms. The Kier molecular flexibility index (Phi) is 4.10. The number of hydrogen-bond acceptors (Lipinski definition) is 4. The molecule has 0 aliphatic rings. The number of pyridine rings is 1. The van der Waals surface area contributed by atoms with Crippen LogP contribution in [0.1, 0.15) is 28.9 Å². The second-order valence-corrected chi connectivity index (χ2v) is 4.89. The number of rotatable bonds is 4. The van der Waals surface area contributed by atoms with Crippen LogP contribution >= 0.6 is 11.6 Å². The molecule has 1 aromatic carbocycles. The largest absolute Gasteiger partial charge is 0.397 e. The van der Waals surface area contributed by atoms with E-state index in [9.17, 15) is 4.79 Å². The summed E-state index contributed by atoms with van der Waals surface area (Å²) < 4.78 is 0. The van der Waals surface area contributed by atoms with Crippen molar-refractivity contribution >= 4 is 29.0 Å². The summed E-state index contributed by atoms with van der Waals surface area (Å²) in [6, 6.07) is 8.87. The molecule has 0 saturated carbocycles. The Morgan fingerprint density at radius 1 is 1.40 bits per heavy atom. The van der Waals surface area contributed by atoms with Crippen LogP contribution in [0.4, 0.5) is 11.5 Å². The molecule has 0 bridgehead atoms. The maximum atomic E-state index is 11.4. The number of benzene rings is 1. The van der Waals surface area contributed by atoms with Gasteiger partial charge >= 0.3 is 0 Å². The van der Waals surface area contributed by atoms with E-state index in [1.165, 1.54) is 12.3 Å². The number of aromatic nitrogens is 1. The number of hydrogen-bond donors (Lipinski definition) is 3. The number of carbonyl (C=O) groups is 1. The van der Waals surface area contributed by atoms with Gasteiger partial charge in [0.1, 0.15) is 5.82 Å². The van der Waals surface area contributed by atoms with Gasteiger partial charge in [0.25, 0.3) is 5.91 Å². The van der Waals surface area contributed by atoms with Gasteiger partial charge in [-0.2, -0.15) is 0 Å². The molecule has 0 spiro atoms. The van der Waals surface area contributed by atoms with Gasteiger partial charge in [0, 0.05) is 5.02 Å². The molecule has 2 rings (SSSR count). The van der Waals surface area contributed by atoms with Gasteiger partial charge in [0.05, 0.1) is 23.5 Å². The highest BCUT2D eigenvalue weighted by molar-refractivity contribution is 6.30. The zero-order chi connectivity index (χ0) is 14.7. The molecule has 20 heavy (non-hydrogen) atoms. The summed E-state index contributed by atoms with van der Waals surface area (Å²) in [4.78, 5) is 15.5. The number of nitrogens with two attached hydrogens (primary N) is 2. The molecular weight excluding hydrogens is 276 g/mol. The molecule has 1 heterocycles. The van der Waals surface area contributed by atoms with Gasteiger partial charge in [-0.1, -0.05) is 23.7 Å². The normalized spacial score (nSPS) is 11.9. The van der Waals surface area contributed by atoms with Crippen LogP contribution in [0.25, 0.3) is 0 Å². The Bertz CT molecular complexity index is 645. The van der Waals surface area contributed by atoms with E-state index in [1.54, 1.807) is 6.07 Å². The fourth-order valence-corrected chi connectivity index (χ4v) is 2.05. The van der Waals surface area contributed by atoms with E-state index in [1.807, 2.05) is 25.1 Å². The number of nitrogens with zero attached hydrogens (tertiary/aromatic N) is 1. The van der Waals surface area contributed by atoms with Crippen molar-refractivity contribution in [1.29, 1.82) is 0 Å². The molecule has 5 nitrogen and oxygen atoms in total. The topological polar surface area (TPSA) is 94.0 Å². The minimum atomic E-state index is -0.578. The summed E-state index contributed by atoms with van der Waals surface area (Å²) in [5.41, 5.74) is 12.6. The van der Waals surface area contributed by atoms with Crippen molar-refractivity contribution in [2.24, 2.45) is 5.73 Å². The average Bonchev–Trinajstić information content (AvgIpc) is 2.40. The quantitative estimate of drug-likeness (QED) is 0.806. The van der Waals surface area contributed by atoms with E-state index in [0.717, 1.165) is 5.56 Å². The highest BCUT2D eigenvalue weighted by Crippen LogP contribution is 2.23. The van der Waals surface area contributed by atoms with Crippen LogP contribution in [-0.4, -0.2) is 10.9 Å². The van der Waals surface area contributed by atoms with E-state index in [4.69, 9.17) is 23.1 Å². The summed E-state index contributed by atoms with van der Waals surface area (Å²) in [6.07, 6.45) is 1.47. The van der Waals surface area contributed by atoms with E-state index in [-0.39, 0.29) is 11.6 Å². The molecule has 5 N–H and O–H groups in total. The third-order valence-electron chi connectivity index (χ3n) is 2.88. The number of halogens is 1. The first kappa shape index (κ1) is 14.1. The van der Waals surface area contributed by atoms with E-state index < -0.39 is 5.91 Å². The molecule has 1 unspecified atom stereocenters. The van der Waals surface area contributed by atoms with Crippen LogP contribution in [0.15, 0.2) is 36.5 Å². The summed E-state index contributed by atoms with van der Waals surface area (Å²) in [5, 5.41) is 3.79. The van der Waals surface area contributed by atoms with E-state index >= 15 is 0 Å². The first-order valence-corrected chi connectivity index (χ1v) is 6.42. The van der Waals surface area contributed by atoms with Crippen LogP contribution in [0.3, 0.4) is 0 Å². The lowest BCUT2D eigenvalue weighted by atomic mass is 10.1. The SMILES string of the molecule is CC(Nc1ncc(N)cc1C(N)=O)c1cccc(Cl)c1. The van der Waals surface area contributed by atoms with Crippen molar-refractivity contribution < 1.29 is 4.79 Å². The fourth-order valence-electron chi connectivity index (χ4n) is 1.85. The molecule has 1 amide bonds. The predicted octanol–water partition coefficient (Wildman–Crippen LogP) is 2.59. The van der Waals surface area contributed by atoms with Crippen LogP contribution in [0.5, 0.6) is 0 Å². The zero-order valence-electron chi connectivity index (χ0n) is 10.9. The van der Waals surface area contributed by atoms with Gasteiger partial charge in [-0.05, 0) is 30.7 Å². The molecule has 1 atom stereocenters. The first-order chi connectivity index (χ1) is 9.47. The highest BCUT2D eigenvalue weighted by atomic mass is 35.5. The maximum Gasteiger partial charge on any atom is 0.252 e. The molecule has 0 aliphatic heterocycles. The minimum absolute atomic E-state index is 0.0806. The molecule has 0 saturated heterocycles. The number of amides is 1. The summed E-state index contributed by atoms with van der Waals surface area (Å²) in [7, 11) is 0. The molecule has 2 aromatic rings. The Morgan fingerprint density at radius 2 is 2.15 bits per heavy atom. The molecule has 104 valence electrons. The summed E-state index contributed by atoms with van der Waals surface area (Å²) in [5.74, 6) is -0.176. The molecule has 0 fully saturated rings. The Hall–Kier alpha value is -2.27. The second-order valence-electron chi connectivity index (χ2n) is 4.45. The van der Waals surface area contributed by atoms with Gasteiger partial charge in [0.2, 0.25) is 0 Å². The third-order valence-corrected chi connectivity index (χ3v) is 3.11. The van der Waals surface area contributed by atoms with Crippen LogP contribution in [0, 0.1) is 0 Å². The van der Waals surface area contributed by atoms with Gasteiger partial charge in [-0.25, -0.2) is 4.98 Å². The van der Waals surface area contributed by atoms with Crippen LogP contribution in [0.2, 0.25) is 5.02 Å². The number of carbonyl (C=O) groups excluding carboxylic acids is 1. The molecule has 0 radical (unpaired) electrons. The highest BCUT2D eigenvalue weighted by Gasteiger charge is 2.13. The lowest BCUT2D eigenvalue weighted by molar-refractivity contribution is 0.100. The standard InChI is InChI=1S/C14H15ClN4O/c1-8(9-3-2-4-10(15)5-9)19-14-12(13(17)20)6-11(16)7-18-14/h2-8H,16H2,1H3,(H2,17,20)(H,18,19). The second kappa shape index (κ2) is 5.79. The van der Waals surface area contributed by atoms with Crippen molar-refractivity contribution in [1.82, 2.24) is 4.98 Å². The Balaban J connectivity index is 2.28. The van der Waals surface area contributed by atoms with Crippen molar-refractivity contribution in [3.63, 3.8) is 0 Å². The van der Waals surface area contributed by atoms with Crippen LogP contribution < -0.4 is 16.8 Å². The van der Waals surface area contributed by atoms with Gasteiger partial charge in [0.15, 0.2) is 0 Å². The van der Waals surface area contributed by atoms with E-state index in [2.05, 4.69) is 10.3 Å². The lowest BCUT2D eigenvalue weighted by Gasteiger charge is -2.17. The first-order valence-electron chi connectivity index (χ1n) is 6.04. The van der Waals surface area contributed by atoms with Crippen molar-refractivity contribution in [2.75, 3.05) is 11.1 Å². The zero-order valence-corrected chi connectivity index (χ0v) is 11.7. The summed E-state index contributed by atoms with van der Waals surface area (Å²) in [6.45, 7) is 1.94. The molecule has 0 aliphatic carbocycles. The van der Waals surface area contributed by atoms with Gasteiger partial charge in [-0.15, -0.1) is 0 Å². The average molecular weight is 291 g/mol. The fraction of sp³-hybridized carbons (Fsp3) is 0.143. The monoisotopic (exact) mass is 290 g/mol. The number of anilines is 2. The van der Waals surface area contributed by atoms with Crippen molar-refractivity contribution in [3.05, 3.63) is 52.7 Å². The summed E-state index contributed by atoms with van der Waals surface area (Å²) >= 11 is 5.96. The molecular formula is C14H15ClN4O. The van der Waals surface area contributed by atoms with Gasteiger partial charge < -0.3 is 16.8 Å². The number of nitrogen functional groups attached to an aromatic ring is 1. The number of nitrogens with one attached hydrogen (secondary N) is 1. The lowest BCUT2D eigenvalue weighted by Crippen LogP contribution is -2.17. The smallest absolute Gasteiger partial charge is 0.252 e. The third kappa shape index (κ3) is 3.19. The maximum absolute atomic E-state index is 11.4. The van der Waals surface area contributed by atoms with Crippen molar-refractivity contribution in [2.45, 2.75) is 13.0 Å². The Labute approximate surface area is 121 Å². The number of primary amides is 1. The van der Waals surface area contributed by atoms with Gasteiger partial charge in [-0.3, -0.25) is 4.79 Å². The Morgan fingerprint density at radius 3 is 2.80 bits per heavy atom. The van der Waals surface area contributed by atoms with E-state index in [0.29, 0.717) is 16.5 Å². The molecule has 1 aromatic heterocycles. The predicted molar refractivity (Wildman–Crippen MR) is 80.7 cm³/mol. The van der Waals surface area contributed by atoms with Crippen molar-refractivity contribution in [3.8, 4) is 0 Å².